The van der Waals surface area contributed by atoms with Gasteiger partial charge in [-0.05, 0) is 38.2 Å². The minimum absolute atomic E-state index is 0. The molecule has 6 heteroatoms. The summed E-state index contributed by atoms with van der Waals surface area (Å²) in [6.45, 7) is 4.59. The zero-order valence-electron chi connectivity index (χ0n) is 15.4. The number of rotatable bonds is 5. The van der Waals surface area contributed by atoms with Gasteiger partial charge in [-0.15, -0.1) is 24.0 Å². The van der Waals surface area contributed by atoms with Crippen molar-refractivity contribution in [2.24, 2.45) is 10.9 Å². The van der Waals surface area contributed by atoms with Gasteiger partial charge in [0.15, 0.2) is 5.96 Å². The van der Waals surface area contributed by atoms with Gasteiger partial charge in [0.1, 0.15) is 0 Å². The molecule has 2 N–H and O–H groups in total. The number of hydrogen-bond acceptors (Lipinski definition) is 3. The molecule has 5 nitrogen and oxygen atoms in total. The lowest BCUT2D eigenvalue weighted by Gasteiger charge is -2.23. The van der Waals surface area contributed by atoms with E-state index >= 15 is 0 Å². The number of ether oxygens (including phenoxy) is 2. The van der Waals surface area contributed by atoms with E-state index < -0.39 is 0 Å². The Morgan fingerprint density at radius 3 is 2.73 bits per heavy atom. The molecule has 4 rings (SSSR count). The van der Waals surface area contributed by atoms with E-state index in [1.807, 2.05) is 0 Å². The van der Waals surface area contributed by atoms with Crippen LogP contribution >= 0.6 is 24.0 Å². The van der Waals surface area contributed by atoms with E-state index in [1.165, 1.54) is 18.4 Å². The third kappa shape index (κ3) is 4.51. The predicted molar refractivity (Wildman–Crippen MR) is 114 cm³/mol. The second-order valence-corrected chi connectivity index (χ2v) is 7.33. The quantitative estimate of drug-likeness (QED) is 0.394. The van der Waals surface area contributed by atoms with E-state index in [0.717, 1.165) is 38.5 Å². The molecule has 0 spiro atoms. The molecule has 5 atom stereocenters. The largest absolute Gasteiger partial charge is 0.373 e. The van der Waals surface area contributed by atoms with Gasteiger partial charge in [-0.25, -0.2) is 0 Å². The zero-order chi connectivity index (χ0) is 17.1. The molecule has 2 bridgehead atoms. The van der Waals surface area contributed by atoms with Crippen LogP contribution in [-0.4, -0.2) is 43.9 Å². The first-order chi connectivity index (χ1) is 12.3. The van der Waals surface area contributed by atoms with Gasteiger partial charge < -0.3 is 20.1 Å². The zero-order valence-corrected chi connectivity index (χ0v) is 17.7. The van der Waals surface area contributed by atoms with Crippen LogP contribution in [0.15, 0.2) is 35.3 Å². The third-order valence-corrected chi connectivity index (χ3v) is 5.60. The second-order valence-electron chi connectivity index (χ2n) is 7.33. The molecule has 5 unspecified atom stereocenters. The van der Waals surface area contributed by atoms with Crippen LogP contribution in [0.2, 0.25) is 0 Å². The van der Waals surface area contributed by atoms with Gasteiger partial charge >= 0.3 is 0 Å². The van der Waals surface area contributed by atoms with Crippen LogP contribution in [0.1, 0.15) is 44.3 Å². The Morgan fingerprint density at radius 2 is 2.04 bits per heavy atom. The summed E-state index contributed by atoms with van der Waals surface area (Å²) >= 11 is 0. The summed E-state index contributed by atoms with van der Waals surface area (Å²) in [5, 5.41) is 6.99. The topological polar surface area (TPSA) is 54.9 Å². The number of aliphatic imine (C=N–C) groups is 1. The number of nitrogens with one attached hydrogen (secondary N) is 2. The van der Waals surface area contributed by atoms with E-state index in [1.54, 1.807) is 0 Å². The fourth-order valence-electron chi connectivity index (χ4n) is 4.33. The number of benzene rings is 1. The van der Waals surface area contributed by atoms with Gasteiger partial charge in [0.05, 0.1) is 24.4 Å². The molecular formula is C20H30IN3O2. The first kappa shape index (κ1) is 19.9. The van der Waals surface area contributed by atoms with Crippen molar-refractivity contribution in [2.45, 2.75) is 57.0 Å². The lowest BCUT2D eigenvalue weighted by atomic mass is 9.95. The monoisotopic (exact) mass is 471 g/mol. The van der Waals surface area contributed by atoms with Crippen LogP contribution in [0, 0.1) is 5.92 Å². The highest BCUT2D eigenvalue weighted by atomic mass is 127. The highest BCUT2D eigenvalue weighted by Gasteiger charge is 2.41. The molecule has 0 aliphatic carbocycles. The maximum Gasteiger partial charge on any atom is 0.191 e. The number of halogens is 1. The summed E-state index contributed by atoms with van der Waals surface area (Å²) in [6, 6.07) is 10.9. The molecule has 0 radical (unpaired) electrons. The number of guanidine groups is 1. The first-order valence-corrected chi connectivity index (χ1v) is 9.70. The molecule has 1 aromatic carbocycles. The van der Waals surface area contributed by atoms with Crippen molar-refractivity contribution < 1.29 is 9.47 Å². The summed E-state index contributed by atoms with van der Waals surface area (Å²) in [5.74, 6) is 1.36. The van der Waals surface area contributed by atoms with Crippen molar-refractivity contribution in [3.8, 4) is 0 Å². The smallest absolute Gasteiger partial charge is 0.191 e. The summed E-state index contributed by atoms with van der Waals surface area (Å²) in [6.07, 6.45) is 5.55. The Morgan fingerprint density at radius 1 is 1.19 bits per heavy atom. The fourth-order valence-corrected chi connectivity index (χ4v) is 4.33. The van der Waals surface area contributed by atoms with Crippen molar-refractivity contribution in [2.75, 3.05) is 19.7 Å². The van der Waals surface area contributed by atoms with Crippen LogP contribution in [-0.2, 0) is 9.47 Å². The molecule has 3 fully saturated rings. The van der Waals surface area contributed by atoms with Gasteiger partial charge in [-0.2, -0.15) is 0 Å². The van der Waals surface area contributed by atoms with Crippen LogP contribution in [0.3, 0.4) is 0 Å². The molecule has 3 aliphatic heterocycles. The highest BCUT2D eigenvalue weighted by Crippen LogP contribution is 2.35. The number of hydrogen-bond donors (Lipinski definition) is 2. The summed E-state index contributed by atoms with van der Waals surface area (Å²) in [4.78, 5) is 4.88. The normalized spacial score (nSPS) is 33.1. The summed E-state index contributed by atoms with van der Waals surface area (Å²) in [5.41, 5.74) is 1.26. The predicted octanol–water partition coefficient (Wildman–Crippen LogP) is 3.26. The van der Waals surface area contributed by atoms with Gasteiger partial charge in [0.25, 0.3) is 0 Å². The van der Waals surface area contributed by atoms with E-state index in [4.69, 9.17) is 14.5 Å². The molecule has 0 saturated carbocycles. The van der Waals surface area contributed by atoms with Crippen molar-refractivity contribution in [3.63, 3.8) is 0 Å². The standard InChI is InChI=1S/C20H29N3O2.HI/c1-2-21-20(23-17-12-16-8-9-18(17)25-16)22-13-15-10-11-24-19(15)14-6-4-3-5-7-14;/h3-7,15-19H,2,8-13H2,1H3,(H2,21,22,23);1H. The van der Waals surface area contributed by atoms with Crippen LogP contribution in [0.25, 0.3) is 0 Å². The van der Waals surface area contributed by atoms with Crippen molar-refractivity contribution in [1.82, 2.24) is 10.6 Å². The molecule has 144 valence electrons. The molecule has 0 aromatic heterocycles. The Balaban J connectivity index is 0.00000196. The fraction of sp³-hybridized carbons (Fsp3) is 0.650. The first-order valence-electron chi connectivity index (χ1n) is 9.70. The van der Waals surface area contributed by atoms with Crippen molar-refractivity contribution in [3.05, 3.63) is 35.9 Å². The van der Waals surface area contributed by atoms with Crippen molar-refractivity contribution in [1.29, 1.82) is 0 Å². The maximum atomic E-state index is 5.99. The molecule has 1 aromatic rings. The van der Waals surface area contributed by atoms with Crippen molar-refractivity contribution >= 4 is 29.9 Å². The highest BCUT2D eigenvalue weighted by molar-refractivity contribution is 14.0. The average Bonchev–Trinajstić information content (AvgIpc) is 3.37. The number of fused-ring (bicyclic) bond motifs is 2. The molecular weight excluding hydrogens is 441 g/mol. The third-order valence-electron chi connectivity index (χ3n) is 5.60. The lowest BCUT2D eigenvalue weighted by molar-refractivity contribution is 0.0925. The second kappa shape index (κ2) is 9.37. The molecule has 3 aliphatic rings. The van der Waals surface area contributed by atoms with E-state index in [0.29, 0.717) is 24.2 Å². The van der Waals surface area contributed by atoms with Gasteiger partial charge in [-0.3, -0.25) is 4.99 Å². The van der Waals surface area contributed by atoms with E-state index in [-0.39, 0.29) is 30.1 Å². The Labute approximate surface area is 173 Å². The van der Waals surface area contributed by atoms with Gasteiger partial charge in [-0.1, -0.05) is 30.3 Å². The lowest BCUT2D eigenvalue weighted by Crippen LogP contribution is -2.47. The Kier molecular flexibility index (Phi) is 7.17. The SMILES string of the molecule is CCNC(=NCC1CCOC1c1ccccc1)NC1CC2CCC1O2.I. The van der Waals surface area contributed by atoms with Gasteiger partial charge in [0, 0.05) is 25.6 Å². The average molecular weight is 471 g/mol. The number of nitrogens with zero attached hydrogens (tertiary/aromatic N) is 1. The van der Waals surface area contributed by atoms with Gasteiger partial charge in [0.2, 0.25) is 0 Å². The summed E-state index contributed by atoms with van der Waals surface area (Å²) < 4.78 is 11.9. The minimum Gasteiger partial charge on any atom is -0.373 e. The van der Waals surface area contributed by atoms with Crippen LogP contribution < -0.4 is 10.6 Å². The van der Waals surface area contributed by atoms with Crippen LogP contribution in [0.4, 0.5) is 0 Å². The maximum absolute atomic E-state index is 5.99. The molecule has 3 saturated heterocycles. The minimum atomic E-state index is 0. The summed E-state index contributed by atoms with van der Waals surface area (Å²) in [7, 11) is 0. The Bertz CT molecular complexity index is 598. The molecule has 3 heterocycles. The van der Waals surface area contributed by atoms with E-state index in [2.05, 4.69) is 47.9 Å². The molecule has 26 heavy (non-hydrogen) atoms. The Hall–Kier alpha value is -0.860. The van der Waals surface area contributed by atoms with Crippen LogP contribution in [0.5, 0.6) is 0 Å². The van der Waals surface area contributed by atoms with E-state index in [9.17, 15) is 0 Å². The molecule has 0 amide bonds.